The van der Waals surface area contributed by atoms with Crippen molar-refractivity contribution in [3.05, 3.63) is 35.2 Å². The van der Waals surface area contributed by atoms with Gasteiger partial charge in [0.25, 0.3) is 0 Å². The normalized spacial score (nSPS) is 10.6. The third kappa shape index (κ3) is 1.70. The van der Waals surface area contributed by atoms with Gasteiger partial charge in [0.1, 0.15) is 5.82 Å². The lowest BCUT2D eigenvalue weighted by Crippen LogP contribution is -2.02. The molecule has 0 aliphatic carbocycles. The Hall–Kier alpha value is -1.84. The quantitative estimate of drug-likeness (QED) is 0.766. The van der Waals surface area contributed by atoms with Crippen LogP contribution in [0.5, 0.6) is 0 Å². The van der Waals surface area contributed by atoms with E-state index >= 15 is 0 Å². The second kappa shape index (κ2) is 3.38. The molecule has 0 fully saturated rings. The highest BCUT2D eigenvalue weighted by Gasteiger charge is 2.07. The van der Waals surface area contributed by atoms with Crippen molar-refractivity contribution in [1.29, 1.82) is 0 Å². The van der Waals surface area contributed by atoms with Crippen molar-refractivity contribution in [3.8, 4) is 5.69 Å². The fourth-order valence-corrected chi connectivity index (χ4v) is 1.59. The molecular formula is C11H14N4. The molecule has 2 N–H and O–H groups in total. The predicted molar refractivity (Wildman–Crippen MR) is 60.0 cm³/mol. The fraction of sp³-hybridized carbons (Fsp3) is 0.273. The standard InChI is InChI=1S/C11H14N4/c1-7-4-5-8(2)10(6-7)15-9(3)13-11(12)14-15/h4-6H,1-3H3,(H2,12,14). The Morgan fingerprint density at radius 2 is 1.93 bits per heavy atom. The van der Waals surface area contributed by atoms with E-state index in [0.29, 0.717) is 5.95 Å². The lowest BCUT2D eigenvalue weighted by atomic mass is 10.1. The summed E-state index contributed by atoms with van der Waals surface area (Å²) in [5.41, 5.74) is 8.96. The summed E-state index contributed by atoms with van der Waals surface area (Å²) in [6.07, 6.45) is 0. The molecule has 0 radical (unpaired) electrons. The number of nitrogens with two attached hydrogens (primary N) is 1. The molecule has 0 spiro atoms. The number of benzene rings is 1. The maximum atomic E-state index is 5.56. The monoisotopic (exact) mass is 202 g/mol. The van der Waals surface area contributed by atoms with Crippen molar-refractivity contribution in [2.24, 2.45) is 0 Å². The Bertz CT molecular complexity index is 499. The topological polar surface area (TPSA) is 56.7 Å². The minimum absolute atomic E-state index is 0.313. The maximum Gasteiger partial charge on any atom is 0.240 e. The van der Waals surface area contributed by atoms with Gasteiger partial charge in [0.15, 0.2) is 0 Å². The zero-order valence-electron chi connectivity index (χ0n) is 9.15. The largest absolute Gasteiger partial charge is 0.366 e. The van der Waals surface area contributed by atoms with Crippen LogP contribution in [0.1, 0.15) is 17.0 Å². The first-order valence-electron chi connectivity index (χ1n) is 4.84. The Labute approximate surface area is 88.8 Å². The van der Waals surface area contributed by atoms with Gasteiger partial charge in [0.2, 0.25) is 5.95 Å². The van der Waals surface area contributed by atoms with Crippen LogP contribution in [0.2, 0.25) is 0 Å². The van der Waals surface area contributed by atoms with Crippen molar-refractivity contribution >= 4 is 5.95 Å². The molecule has 0 saturated heterocycles. The Balaban J connectivity index is 2.62. The van der Waals surface area contributed by atoms with Crippen molar-refractivity contribution in [2.45, 2.75) is 20.8 Å². The maximum absolute atomic E-state index is 5.56. The van der Waals surface area contributed by atoms with Crippen LogP contribution in [0, 0.1) is 20.8 Å². The van der Waals surface area contributed by atoms with Crippen LogP contribution in [0.4, 0.5) is 5.95 Å². The van der Waals surface area contributed by atoms with Crippen LogP contribution in [0.15, 0.2) is 18.2 Å². The molecule has 0 aliphatic rings. The van der Waals surface area contributed by atoms with Gasteiger partial charge in [-0.05, 0) is 38.0 Å². The first kappa shape index (κ1) is 9.71. The molecule has 2 aromatic rings. The summed E-state index contributed by atoms with van der Waals surface area (Å²) in [6, 6.07) is 6.23. The molecule has 2 rings (SSSR count). The van der Waals surface area contributed by atoms with E-state index in [1.165, 1.54) is 5.56 Å². The molecule has 1 heterocycles. The molecule has 0 bridgehead atoms. The van der Waals surface area contributed by atoms with Gasteiger partial charge in [0.05, 0.1) is 5.69 Å². The van der Waals surface area contributed by atoms with Gasteiger partial charge >= 0.3 is 0 Å². The molecule has 0 atom stereocenters. The number of nitrogen functional groups attached to an aromatic ring is 1. The number of anilines is 1. The summed E-state index contributed by atoms with van der Waals surface area (Å²) in [4.78, 5) is 4.09. The molecule has 0 amide bonds. The van der Waals surface area contributed by atoms with Crippen LogP contribution < -0.4 is 5.73 Å². The summed E-state index contributed by atoms with van der Waals surface area (Å²) in [6.45, 7) is 6.00. The Kier molecular flexibility index (Phi) is 2.19. The van der Waals surface area contributed by atoms with E-state index < -0.39 is 0 Å². The van der Waals surface area contributed by atoms with Crippen LogP contribution in [-0.2, 0) is 0 Å². The van der Waals surface area contributed by atoms with Crippen LogP contribution in [-0.4, -0.2) is 14.8 Å². The molecule has 15 heavy (non-hydrogen) atoms. The minimum Gasteiger partial charge on any atom is -0.366 e. The number of nitrogens with zero attached hydrogens (tertiary/aromatic N) is 3. The van der Waals surface area contributed by atoms with Crippen molar-refractivity contribution in [2.75, 3.05) is 5.73 Å². The molecule has 4 nitrogen and oxygen atoms in total. The highest BCUT2D eigenvalue weighted by Crippen LogP contribution is 2.16. The van der Waals surface area contributed by atoms with Gasteiger partial charge in [-0.25, -0.2) is 4.68 Å². The smallest absolute Gasteiger partial charge is 0.240 e. The van der Waals surface area contributed by atoms with Gasteiger partial charge in [-0.1, -0.05) is 12.1 Å². The third-order valence-electron chi connectivity index (χ3n) is 2.38. The number of rotatable bonds is 1. The van der Waals surface area contributed by atoms with Crippen molar-refractivity contribution in [1.82, 2.24) is 14.8 Å². The molecule has 0 saturated carbocycles. The zero-order chi connectivity index (χ0) is 11.0. The van der Waals surface area contributed by atoms with E-state index in [2.05, 4.69) is 35.2 Å². The van der Waals surface area contributed by atoms with Crippen molar-refractivity contribution in [3.63, 3.8) is 0 Å². The van der Waals surface area contributed by atoms with E-state index in [-0.39, 0.29) is 0 Å². The summed E-state index contributed by atoms with van der Waals surface area (Å²) >= 11 is 0. The first-order valence-corrected chi connectivity index (χ1v) is 4.84. The minimum atomic E-state index is 0.313. The van der Waals surface area contributed by atoms with E-state index in [0.717, 1.165) is 17.1 Å². The highest BCUT2D eigenvalue weighted by atomic mass is 15.4. The molecule has 1 aromatic carbocycles. The third-order valence-corrected chi connectivity index (χ3v) is 2.38. The lowest BCUT2D eigenvalue weighted by molar-refractivity contribution is 0.835. The Morgan fingerprint density at radius 1 is 1.20 bits per heavy atom. The molecule has 4 heteroatoms. The summed E-state index contributed by atoms with van der Waals surface area (Å²) in [7, 11) is 0. The van der Waals surface area contributed by atoms with Crippen LogP contribution in [0.3, 0.4) is 0 Å². The molecule has 1 aromatic heterocycles. The van der Waals surface area contributed by atoms with Crippen LogP contribution in [0.25, 0.3) is 5.69 Å². The first-order chi connectivity index (χ1) is 7.08. The number of aryl methyl sites for hydroxylation is 3. The number of hydrogen-bond acceptors (Lipinski definition) is 3. The van der Waals surface area contributed by atoms with Crippen LogP contribution >= 0.6 is 0 Å². The van der Waals surface area contributed by atoms with Gasteiger partial charge in [-0.3, -0.25) is 0 Å². The second-order valence-corrected chi connectivity index (χ2v) is 3.72. The summed E-state index contributed by atoms with van der Waals surface area (Å²) in [5, 5.41) is 4.17. The summed E-state index contributed by atoms with van der Waals surface area (Å²) in [5.74, 6) is 1.12. The number of hydrogen-bond donors (Lipinski definition) is 1. The molecular weight excluding hydrogens is 188 g/mol. The van der Waals surface area contributed by atoms with E-state index in [9.17, 15) is 0 Å². The highest BCUT2D eigenvalue weighted by molar-refractivity contribution is 5.43. The fourth-order valence-electron chi connectivity index (χ4n) is 1.59. The van der Waals surface area contributed by atoms with Gasteiger partial charge < -0.3 is 5.73 Å². The molecule has 0 unspecified atom stereocenters. The average molecular weight is 202 g/mol. The zero-order valence-corrected chi connectivity index (χ0v) is 9.15. The Morgan fingerprint density at radius 3 is 2.53 bits per heavy atom. The average Bonchev–Trinajstić information content (AvgIpc) is 2.50. The molecule has 0 aliphatic heterocycles. The van der Waals surface area contributed by atoms with Crippen molar-refractivity contribution < 1.29 is 0 Å². The van der Waals surface area contributed by atoms with E-state index in [1.807, 2.05) is 13.8 Å². The SMILES string of the molecule is Cc1ccc(C)c(-n2nc(N)nc2C)c1. The summed E-state index contributed by atoms with van der Waals surface area (Å²) < 4.78 is 1.78. The molecule has 78 valence electrons. The van der Waals surface area contributed by atoms with E-state index in [4.69, 9.17) is 5.73 Å². The lowest BCUT2D eigenvalue weighted by Gasteiger charge is -2.07. The predicted octanol–water partition coefficient (Wildman–Crippen LogP) is 1.77. The van der Waals surface area contributed by atoms with E-state index in [1.54, 1.807) is 4.68 Å². The van der Waals surface area contributed by atoms with Gasteiger partial charge in [-0.15, -0.1) is 5.10 Å². The second-order valence-electron chi connectivity index (χ2n) is 3.72. The number of aromatic nitrogens is 3. The van der Waals surface area contributed by atoms with Gasteiger partial charge in [-0.2, -0.15) is 4.98 Å². The van der Waals surface area contributed by atoms with Gasteiger partial charge in [0, 0.05) is 0 Å².